The Hall–Kier alpha value is -3.19. The van der Waals surface area contributed by atoms with Crippen molar-refractivity contribution in [2.45, 2.75) is 64.5 Å². The molecule has 7 heteroatoms. The summed E-state index contributed by atoms with van der Waals surface area (Å²) in [7, 11) is 0. The molecule has 37 heavy (non-hydrogen) atoms. The number of hydrogen-bond donors (Lipinski definition) is 1. The molecular formula is C30H35N3O3S. The van der Waals surface area contributed by atoms with Crippen LogP contribution in [0.3, 0.4) is 0 Å². The summed E-state index contributed by atoms with van der Waals surface area (Å²) in [6.07, 6.45) is 6.59. The maximum atomic E-state index is 14.0. The lowest BCUT2D eigenvalue weighted by Crippen LogP contribution is -2.48. The molecule has 0 radical (unpaired) electrons. The van der Waals surface area contributed by atoms with Gasteiger partial charge < -0.3 is 19.5 Å². The molecule has 1 aromatic heterocycles. The molecular weight excluding hydrogens is 482 g/mol. The minimum atomic E-state index is -0.263. The number of benzene rings is 2. The largest absolute Gasteiger partial charge is 0.465 e. The van der Waals surface area contributed by atoms with Gasteiger partial charge >= 0.3 is 5.97 Å². The average Bonchev–Trinajstić information content (AvgIpc) is 3.34. The number of amides is 1. The Morgan fingerprint density at radius 3 is 2.59 bits per heavy atom. The van der Waals surface area contributed by atoms with Crippen molar-refractivity contribution in [1.82, 2.24) is 9.47 Å². The van der Waals surface area contributed by atoms with E-state index in [1.54, 1.807) is 11.8 Å². The number of hydrogen-bond acceptors (Lipinski definition) is 5. The normalized spacial score (nSPS) is 23.1. The van der Waals surface area contributed by atoms with Gasteiger partial charge in [0.05, 0.1) is 11.5 Å². The first-order valence-electron chi connectivity index (χ1n) is 13.2. The van der Waals surface area contributed by atoms with E-state index in [1.807, 2.05) is 73.0 Å². The van der Waals surface area contributed by atoms with Gasteiger partial charge in [0.1, 0.15) is 6.54 Å². The Kier molecular flexibility index (Phi) is 7.60. The standard InChI is InChI=1S/C30H35N3O3S/c1-4-36-28(34)19-32-21(3)24(23-15-9-11-17-26(23)32)18-27-29(35)33(25-16-10-8-12-20(25)2)30(37-27)31-22-13-6-5-7-14-22/h5-7,9,11,13-15,17-18,20,25,30-31H,4,8,10,12,16,19H2,1-3H3/b27-18-/t20-,25+,30?/m1/s1. The highest BCUT2D eigenvalue weighted by atomic mass is 32.2. The van der Waals surface area contributed by atoms with Crippen molar-refractivity contribution < 1.29 is 14.3 Å². The van der Waals surface area contributed by atoms with Crippen molar-refractivity contribution in [2.24, 2.45) is 5.92 Å². The number of carbonyl (C=O) groups excluding carboxylic acids is 2. The molecule has 0 bridgehead atoms. The van der Waals surface area contributed by atoms with Gasteiger partial charge in [-0.05, 0) is 56.9 Å². The Bertz CT molecular complexity index is 1320. The molecule has 1 saturated carbocycles. The minimum absolute atomic E-state index is 0.0822. The third kappa shape index (κ3) is 5.14. The van der Waals surface area contributed by atoms with Crippen LogP contribution in [0.2, 0.25) is 0 Å². The van der Waals surface area contributed by atoms with Crippen LogP contribution in [-0.4, -0.2) is 39.5 Å². The lowest BCUT2D eigenvalue weighted by Gasteiger charge is -2.39. The van der Waals surface area contributed by atoms with Crippen LogP contribution in [-0.2, 0) is 20.9 Å². The molecule has 1 aliphatic heterocycles. The molecule has 2 fully saturated rings. The molecule has 1 amide bonds. The van der Waals surface area contributed by atoms with E-state index >= 15 is 0 Å². The van der Waals surface area contributed by atoms with Gasteiger partial charge in [-0.15, -0.1) is 0 Å². The fourth-order valence-corrected chi connectivity index (χ4v) is 6.87. The van der Waals surface area contributed by atoms with Gasteiger partial charge in [0.2, 0.25) is 0 Å². The molecule has 1 N–H and O–H groups in total. The number of rotatable bonds is 7. The molecule has 5 rings (SSSR count). The molecule has 2 aromatic carbocycles. The van der Waals surface area contributed by atoms with Gasteiger partial charge in [-0.2, -0.15) is 0 Å². The number of fused-ring (bicyclic) bond motifs is 1. The van der Waals surface area contributed by atoms with Crippen molar-refractivity contribution in [3.8, 4) is 0 Å². The smallest absolute Gasteiger partial charge is 0.325 e. The molecule has 3 aromatic rings. The summed E-state index contributed by atoms with van der Waals surface area (Å²) in [5.41, 5.74) is 3.73. The van der Waals surface area contributed by atoms with Crippen LogP contribution in [0.15, 0.2) is 59.5 Å². The van der Waals surface area contributed by atoms with Gasteiger partial charge in [0, 0.05) is 33.9 Å². The molecule has 2 heterocycles. The predicted molar refractivity (Wildman–Crippen MR) is 151 cm³/mol. The summed E-state index contributed by atoms with van der Waals surface area (Å²) in [5, 5.41) is 4.64. The topological polar surface area (TPSA) is 63.6 Å². The van der Waals surface area contributed by atoms with Crippen LogP contribution in [0.25, 0.3) is 17.0 Å². The summed E-state index contributed by atoms with van der Waals surface area (Å²) in [4.78, 5) is 29.2. The quantitative estimate of drug-likeness (QED) is 0.290. The van der Waals surface area contributed by atoms with Gasteiger partial charge in [0.15, 0.2) is 5.50 Å². The van der Waals surface area contributed by atoms with Gasteiger partial charge in [-0.3, -0.25) is 9.59 Å². The summed E-state index contributed by atoms with van der Waals surface area (Å²) in [6, 6.07) is 18.4. The molecule has 194 valence electrons. The number of thioether (sulfide) groups is 1. The van der Waals surface area contributed by atoms with Crippen LogP contribution in [0.4, 0.5) is 5.69 Å². The highest BCUT2D eigenvalue weighted by Gasteiger charge is 2.43. The Morgan fingerprint density at radius 1 is 1.11 bits per heavy atom. The zero-order valence-electron chi connectivity index (χ0n) is 21.8. The molecule has 1 saturated heterocycles. The number of anilines is 1. The van der Waals surface area contributed by atoms with Crippen LogP contribution in [0, 0.1) is 12.8 Å². The third-order valence-corrected chi connectivity index (χ3v) is 8.69. The minimum Gasteiger partial charge on any atom is -0.465 e. The summed E-state index contributed by atoms with van der Waals surface area (Å²) in [5.74, 6) is 0.284. The third-order valence-electron chi connectivity index (χ3n) is 7.57. The molecule has 6 nitrogen and oxygen atoms in total. The predicted octanol–water partition coefficient (Wildman–Crippen LogP) is 6.40. The second-order valence-electron chi connectivity index (χ2n) is 9.94. The number of carbonyl (C=O) groups is 2. The van der Waals surface area contributed by atoms with E-state index < -0.39 is 0 Å². The van der Waals surface area contributed by atoms with Crippen molar-refractivity contribution >= 4 is 46.3 Å². The number of para-hydroxylation sites is 2. The van der Waals surface area contributed by atoms with Crippen LogP contribution in [0.5, 0.6) is 0 Å². The number of nitrogens with one attached hydrogen (secondary N) is 1. The number of aromatic nitrogens is 1. The molecule has 2 aliphatic rings. The maximum Gasteiger partial charge on any atom is 0.325 e. The monoisotopic (exact) mass is 517 g/mol. The van der Waals surface area contributed by atoms with E-state index in [2.05, 4.69) is 23.2 Å². The maximum absolute atomic E-state index is 14.0. The highest BCUT2D eigenvalue weighted by Crippen LogP contribution is 2.43. The first kappa shape index (κ1) is 25.5. The van der Waals surface area contributed by atoms with Crippen molar-refractivity contribution in [1.29, 1.82) is 0 Å². The first-order chi connectivity index (χ1) is 18.0. The van der Waals surface area contributed by atoms with Crippen LogP contribution >= 0.6 is 11.8 Å². The van der Waals surface area contributed by atoms with E-state index in [-0.39, 0.29) is 30.0 Å². The fraction of sp³-hybridized carbons (Fsp3) is 0.400. The zero-order chi connectivity index (χ0) is 25.9. The lowest BCUT2D eigenvalue weighted by molar-refractivity contribution is -0.143. The second kappa shape index (κ2) is 11.1. The summed E-state index contributed by atoms with van der Waals surface area (Å²) >= 11 is 1.59. The number of esters is 1. The van der Waals surface area contributed by atoms with E-state index in [9.17, 15) is 9.59 Å². The highest BCUT2D eigenvalue weighted by molar-refractivity contribution is 8.05. The van der Waals surface area contributed by atoms with E-state index in [0.29, 0.717) is 12.5 Å². The van der Waals surface area contributed by atoms with E-state index in [0.717, 1.165) is 52.0 Å². The van der Waals surface area contributed by atoms with E-state index in [4.69, 9.17) is 4.74 Å². The summed E-state index contributed by atoms with van der Waals surface area (Å²) < 4.78 is 7.21. The molecule has 3 atom stereocenters. The van der Waals surface area contributed by atoms with E-state index in [1.165, 1.54) is 6.42 Å². The fourth-order valence-electron chi connectivity index (χ4n) is 5.68. The average molecular weight is 518 g/mol. The number of nitrogens with zero attached hydrogens (tertiary/aromatic N) is 2. The van der Waals surface area contributed by atoms with Gasteiger partial charge in [-0.25, -0.2) is 0 Å². The molecule has 0 spiro atoms. The Morgan fingerprint density at radius 2 is 1.84 bits per heavy atom. The second-order valence-corrected chi connectivity index (χ2v) is 11.1. The van der Waals surface area contributed by atoms with Gasteiger partial charge in [-0.1, -0.05) is 67.9 Å². The Balaban J connectivity index is 1.53. The Labute approximate surface area is 223 Å². The van der Waals surface area contributed by atoms with Crippen LogP contribution < -0.4 is 5.32 Å². The zero-order valence-corrected chi connectivity index (χ0v) is 22.6. The molecule has 1 aliphatic carbocycles. The molecule has 1 unspecified atom stereocenters. The van der Waals surface area contributed by atoms with Crippen molar-refractivity contribution in [3.05, 3.63) is 70.8 Å². The van der Waals surface area contributed by atoms with Gasteiger partial charge in [0.25, 0.3) is 5.91 Å². The summed E-state index contributed by atoms with van der Waals surface area (Å²) in [6.45, 7) is 6.60. The van der Waals surface area contributed by atoms with Crippen molar-refractivity contribution in [3.63, 3.8) is 0 Å². The lowest BCUT2D eigenvalue weighted by atomic mass is 9.85. The number of ether oxygens (including phenoxy) is 1. The first-order valence-corrected chi connectivity index (χ1v) is 14.1. The SMILES string of the molecule is CCOC(=O)Cn1c(C)c(/C=C2\SC(Nc3ccccc3)N([C@H]3CCCC[C@H]3C)C2=O)c2ccccc21. The van der Waals surface area contributed by atoms with Crippen molar-refractivity contribution in [2.75, 3.05) is 11.9 Å². The van der Waals surface area contributed by atoms with Crippen LogP contribution in [0.1, 0.15) is 50.8 Å².